The van der Waals surface area contributed by atoms with Crippen LogP contribution < -0.4 is 9.47 Å². The van der Waals surface area contributed by atoms with E-state index in [1.54, 1.807) is 24.3 Å². The highest BCUT2D eigenvalue weighted by atomic mass is 32.2. The van der Waals surface area contributed by atoms with Crippen molar-refractivity contribution in [2.24, 2.45) is 0 Å². The maximum Gasteiger partial charge on any atom is 0.349 e. The van der Waals surface area contributed by atoms with Crippen molar-refractivity contribution in [3.8, 4) is 11.5 Å². The second-order valence-corrected chi connectivity index (χ2v) is 6.86. The molecule has 0 aliphatic carbocycles. The van der Waals surface area contributed by atoms with Crippen LogP contribution in [0.5, 0.6) is 11.5 Å². The number of thiol groups is 1. The van der Waals surface area contributed by atoms with Crippen molar-refractivity contribution < 1.29 is 36.2 Å². The Morgan fingerprint density at radius 2 is 1.24 bits per heavy atom. The van der Waals surface area contributed by atoms with Gasteiger partial charge in [0.25, 0.3) is 0 Å². The molecule has 9 heteroatoms. The fourth-order valence-corrected chi connectivity index (χ4v) is 3.15. The van der Waals surface area contributed by atoms with E-state index in [4.69, 9.17) is 4.74 Å². The second kappa shape index (κ2) is 8.95. The molecule has 0 N–H and O–H groups in total. The lowest BCUT2D eigenvalue weighted by Crippen LogP contribution is -2.20. The molecule has 0 aromatic heterocycles. The van der Waals surface area contributed by atoms with Crippen molar-refractivity contribution >= 4 is 17.7 Å². The van der Waals surface area contributed by atoms with Gasteiger partial charge in [-0.3, -0.25) is 0 Å². The van der Waals surface area contributed by atoms with Crippen LogP contribution in [0.1, 0.15) is 0 Å². The van der Waals surface area contributed by atoms with Gasteiger partial charge < -0.3 is 9.47 Å². The normalized spacial score (nSPS) is 10.7. The maximum atomic E-state index is 13.5. The molecule has 0 heterocycles. The van der Waals surface area contributed by atoms with E-state index in [9.17, 15) is 26.7 Å². The van der Waals surface area contributed by atoms with Gasteiger partial charge in [-0.25, -0.2) is 18.0 Å². The van der Waals surface area contributed by atoms with Crippen LogP contribution >= 0.6 is 0 Å². The lowest BCUT2D eigenvalue weighted by atomic mass is 10.2. The first-order valence-corrected chi connectivity index (χ1v) is 8.98. The third kappa shape index (κ3) is 4.86. The van der Waals surface area contributed by atoms with E-state index in [1.165, 1.54) is 0 Å². The van der Waals surface area contributed by atoms with Gasteiger partial charge in [0.15, 0.2) is 16.4 Å². The minimum Gasteiger partial charge on any atom is -0.482 e. The van der Waals surface area contributed by atoms with Crippen LogP contribution in [0.25, 0.3) is 0 Å². The molecule has 0 saturated carbocycles. The van der Waals surface area contributed by atoms with E-state index >= 15 is 0 Å². The zero-order valence-electron chi connectivity index (χ0n) is 14.5. The Balaban J connectivity index is 1.60. The summed E-state index contributed by atoms with van der Waals surface area (Å²) in [6.07, 6.45) is 0. The van der Waals surface area contributed by atoms with Crippen LogP contribution in [-0.2, 0) is 16.6 Å². The average molecular weight is 427 g/mol. The van der Waals surface area contributed by atoms with E-state index in [0.717, 1.165) is 21.6 Å². The lowest BCUT2D eigenvalue weighted by Gasteiger charge is -2.09. The summed E-state index contributed by atoms with van der Waals surface area (Å²) < 4.78 is 75.6. The van der Waals surface area contributed by atoms with E-state index < -0.39 is 47.4 Å². The molecule has 150 valence electrons. The molecule has 29 heavy (non-hydrogen) atoms. The second-order valence-electron chi connectivity index (χ2n) is 5.60. The fraction of sp³-hybridized carbons (Fsp3) is 0.0500. The molecule has 0 saturated heterocycles. The Kier molecular flexibility index (Phi) is 6.38. The van der Waals surface area contributed by atoms with Crippen LogP contribution in [0.2, 0.25) is 0 Å². The summed E-state index contributed by atoms with van der Waals surface area (Å²) in [4.78, 5) is 13.7. The van der Waals surface area contributed by atoms with Gasteiger partial charge in [0.05, 0.1) is 0 Å². The van der Waals surface area contributed by atoms with Gasteiger partial charge in [-0.15, -0.1) is 0 Å². The summed E-state index contributed by atoms with van der Waals surface area (Å²) >= 11 is 0.955. The molecule has 0 aliphatic rings. The number of hydrogen-bond donors (Lipinski definition) is 0. The summed E-state index contributed by atoms with van der Waals surface area (Å²) in [5.74, 6) is -14.0. The zero-order valence-corrected chi connectivity index (χ0v) is 15.4. The first-order valence-electron chi connectivity index (χ1n) is 8.08. The van der Waals surface area contributed by atoms with Gasteiger partial charge in [-0.2, -0.15) is 8.78 Å². The number of hydrogen-bond acceptors (Lipinski definition) is 3. The molecule has 0 aliphatic heterocycles. The minimum atomic E-state index is -2.34. The Labute approximate surface area is 166 Å². The number of carbonyl (C=O) groups is 1. The van der Waals surface area contributed by atoms with Crippen molar-refractivity contribution in [1.29, 1.82) is 0 Å². The van der Waals surface area contributed by atoms with Gasteiger partial charge >= 0.3 is 5.97 Å². The van der Waals surface area contributed by atoms with Crippen molar-refractivity contribution in [3.63, 3.8) is 0 Å². The third-order valence-electron chi connectivity index (χ3n) is 3.59. The molecule has 0 amide bonds. The molecule has 0 bridgehead atoms. The predicted molar refractivity (Wildman–Crippen MR) is 95.5 cm³/mol. The number of carbonyl (C=O) groups excluding carboxylic acids is 1. The van der Waals surface area contributed by atoms with E-state index in [0.29, 0.717) is 0 Å². The van der Waals surface area contributed by atoms with Gasteiger partial charge in [-0.05, 0) is 36.4 Å². The Morgan fingerprint density at radius 1 is 0.724 bits per heavy atom. The molecule has 3 nitrogen and oxygen atoms in total. The van der Waals surface area contributed by atoms with Crippen LogP contribution in [0.4, 0.5) is 22.0 Å². The van der Waals surface area contributed by atoms with Crippen LogP contribution in [0.15, 0.2) is 64.4 Å². The van der Waals surface area contributed by atoms with E-state index in [1.807, 2.05) is 30.3 Å². The van der Waals surface area contributed by atoms with Crippen molar-refractivity contribution in [3.05, 3.63) is 83.7 Å². The number of rotatable bonds is 6. The largest absolute Gasteiger partial charge is 0.482 e. The summed E-state index contributed by atoms with van der Waals surface area (Å²) in [6.45, 7) is -0.796. The van der Waals surface area contributed by atoms with Crippen molar-refractivity contribution in [2.75, 3.05) is 6.61 Å². The average Bonchev–Trinajstić information content (AvgIpc) is 2.74. The molecule has 0 unspecified atom stereocenters. The molecule has 3 rings (SSSR count). The minimum absolute atomic E-state index is 0.256. The summed E-state index contributed by atoms with van der Waals surface area (Å²) in [5.41, 5.74) is 0. The quantitative estimate of drug-likeness (QED) is 0.110. The highest BCUT2D eigenvalue weighted by Gasteiger charge is 2.28. The molecule has 3 aromatic carbocycles. The molecular weight excluding hydrogens is 415 g/mol. The van der Waals surface area contributed by atoms with E-state index in [2.05, 4.69) is 4.74 Å². The van der Waals surface area contributed by atoms with Crippen molar-refractivity contribution in [2.45, 2.75) is 9.79 Å². The molecule has 0 atom stereocenters. The predicted octanol–water partition coefficient (Wildman–Crippen LogP) is 4.60. The monoisotopic (exact) mass is 427 g/mol. The highest BCUT2D eigenvalue weighted by molar-refractivity contribution is 7.78. The summed E-state index contributed by atoms with van der Waals surface area (Å²) in [5, 5.41) is 0. The Morgan fingerprint density at radius 3 is 1.83 bits per heavy atom. The summed E-state index contributed by atoms with van der Waals surface area (Å²) in [7, 11) is 0. The topological polar surface area (TPSA) is 35.5 Å². The zero-order chi connectivity index (χ0) is 21.0. The smallest absolute Gasteiger partial charge is 0.349 e. The number of esters is 1. The third-order valence-corrected chi connectivity index (χ3v) is 4.71. The highest BCUT2D eigenvalue weighted by Crippen LogP contribution is 2.29. The van der Waals surface area contributed by atoms with Gasteiger partial charge in [0.1, 0.15) is 5.75 Å². The first-order chi connectivity index (χ1) is 13.9. The van der Waals surface area contributed by atoms with Gasteiger partial charge in [0, 0.05) is 11.8 Å². The lowest BCUT2D eigenvalue weighted by molar-refractivity contribution is -0.137. The molecule has 3 aromatic rings. The van der Waals surface area contributed by atoms with Gasteiger partial charge in [0.2, 0.25) is 34.8 Å². The SMILES string of the molecule is O=C(COc1ccc([SH+]c2ccccc2)cc1)Oc1c(F)c(F)c(F)c(F)c1F. The summed E-state index contributed by atoms with van der Waals surface area (Å²) in [6, 6.07) is 16.3. The number of benzene rings is 3. The first kappa shape index (κ1) is 20.7. The van der Waals surface area contributed by atoms with Crippen LogP contribution in [-0.4, -0.2) is 12.6 Å². The van der Waals surface area contributed by atoms with Crippen LogP contribution in [0.3, 0.4) is 0 Å². The number of halogens is 5. The van der Waals surface area contributed by atoms with Crippen molar-refractivity contribution in [1.82, 2.24) is 0 Å². The molecule has 0 fully saturated rings. The number of ether oxygens (including phenoxy) is 2. The Hall–Kier alpha value is -3.07. The van der Waals surface area contributed by atoms with E-state index in [-0.39, 0.29) is 5.75 Å². The Bertz CT molecular complexity index is 998. The fourth-order valence-electron chi connectivity index (χ4n) is 2.23. The molecule has 0 spiro atoms. The van der Waals surface area contributed by atoms with Crippen LogP contribution in [0, 0.1) is 29.1 Å². The van der Waals surface area contributed by atoms with Gasteiger partial charge in [-0.1, -0.05) is 18.2 Å². The molecule has 0 radical (unpaired) electrons. The molecular formula is C20H12F5O3S+. The maximum absolute atomic E-state index is 13.5. The standard InChI is InChI=1S/C20H11F5O3S/c21-15-16(22)18(24)20(19(25)17(15)23)28-14(26)10-27-11-6-8-13(9-7-11)29-12-4-2-1-3-5-12/h1-9H,10H2/p+1.